The number of rotatable bonds is 4. The molecular weight excluding hydrogens is 254 g/mol. The summed E-state index contributed by atoms with van der Waals surface area (Å²) in [4.78, 5) is 13.3. The van der Waals surface area contributed by atoms with Gasteiger partial charge in [-0.05, 0) is 36.6 Å². The fourth-order valence-electron chi connectivity index (χ4n) is 3.27. The van der Waals surface area contributed by atoms with Crippen LogP contribution in [0.3, 0.4) is 0 Å². The van der Waals surface area contributed by atoms with Crippen LogP contribution >= 0.6 is 0 Å². The van der Waals surface area contributed by atoms with Crippen LogP contribution in [0, 0.1) is 0 Å². The van der Waals surface area contributed by atoms with Crippen LogP contribution in [0.5, 0.6) is 5.75 Å². The van der Waals surface area contributed by atoms with E-state index in [-0.39, 0.29) is 12.5 Å². The topological polar surface area (TPSA) is 49.8 Å². The van der Waals surface area contributed by atoms with Gasteiger partial charge in [-0.15, -0.1) is 0 Å². The average molecular weight is 275 g/mol. The van der Waals surface area contributed by atoms with Crippen molar-refractivity contribution in [3.05, 3.63) is 29.3 Å². The third-order valence-electron chi connectivity index (χ3n) is 4.30. The lowest BCUT2D eigenvalue weighted by Crippen LogP contribution is -2.40. The number of piperidine rings is 1. The Labute approximate surface area is 119 Å². The van der Waals surface area contributed by atoms with Crippen LogP contribution in [0.2, 0.25) is 0 Å². The van der Waals surface area contributed by atoms with Gasteiger partial charge < -0.3 is 9.84 Å². The molecule has 1 atom stereocenters. The number of hydrogen-bond acceptors (Lipinski definition) is 3. The normalized spacial score (nSPS) is 22.3. The average Bonchev–Trinajstić information content (AvgIpc) is 2.88. The summed E-state index contributed by atoms with van der Waals surface area (Å²) in [6.45, 7) is 2.64. The van der Waals surface area contributed by atoms with E-state index < -0.39 is 5.97 Å². The van der Waals surface area contributed by atoms with Crippen LogP contribution in [0.1, 0.15) is 36.8 Å². The van der Waals surface area contributed by atoms with Crippen molar-refractivity contribution in [2.45, 2.75) is 44.7 Å². The molecule has 4 nitrogen and oxygen atoms in total. The number of carboxylic acids is 1. The molecule has 20 heavy (non-hydrogen) atoms. The SMILES string of the molecule is O=C(O)CC1CCCCN1Cc1ccc2c(c1)CCO2. The summed E-state index contributed by atoms with van der Waals surface area (Å²) in [5.41, 5.74) is 2.56. The molecule has 0 bridgehead atoms. The molecule has 0 amide bonds. The van der Waals surface area contributed by atoms with Crippen molar-refractivity contribution in [3.63, 3.8) is 0 Å². The standard InChI is InChI=1S/C16H21NO3/c18-16(19)10-14-3-1-2-7-17(14)11-12-4-5-15-13(9-12)6-8-20-15/h4-5,9,14H,1-3,6-8,10-11H2,(H,18,19). The number of aliphatic carboxylic acids is 1. The Bertz CT molecular complexity index is 500. The van der Waals surface area contributed by atoms with E-state index in [1.807, 2.05) is 6.07 Å². The van der Waals surface area contributed by atoms with Crippen molar-refractivity contribution in [1.29, 1.82) is 0 Å². The molecule has 0 aromatic heterocycles. The summed E-state index contributed by atoms with van der Waals surface area (Å²) in [7, 11) is 0. The molecule has 108 valence electrons. The Balaban J connectivity index is 1.70. The van der Waals surface area contributed by atoms with Gasteiger partial charge in [0.1, 0.15) is 5.75 Å². The second-order valence-corrected chi connectivity index (χ2v) is 5.76. The summed E-state index contributed by atoms with van der Waals surface area (Å²) in [6, 6.07) is 6.56. The van der Waals surface area contributed by atoms with E-state index in [9.17, 15) is 4.79 Å². The van der Waals surface area contributed by atoms with E-state index >= 15 is 0 Å². The molecule has 2 aliphatic heterocycles. The Morgan fingerprint density at radius 1 is 1.40 bits per heavy atom. The number of likely N-dealkylation sites (tertiary alicyclic amines) is 1. The summed E-state index contributed by atoms with van der Waals surface area (Å²) >= 11 is 0. The Hall–Kier alpha value is -1.55. The molecule has 3 rings (SSSR count). The molecule has 1 aromatic carbocycles. The first-order valence-electron chi connectivity index (χ1n) is 7.43. The highest BCUT2D eigenvalue weighted by molar-refractivity contribution is 5.67. The molecule has 0 aliphatic carbocycles. The fourth-order valence-corrected chi connectivity index (χ4v) is 3.27. The van der Waals surface area contributed by atoms with E-state index in [1.165, 1.54) is 17.5 Å². The Morgan fingerprint density at radius 2 is 2.30 bits per heavy atom. The number of ether oxygens (including phenoxy) is 1. The van der Waals surface area contributed by atoms with Crippen LogP contribution in [0.4, 0.5) is 0 Å². The largest absolute Gasteiger partial charge is 0.493 e. The molecule has 1 N–H and O–H groups in total. The van der Waals surface area contributed by atoms with E-state index in [1.54, 1.807) is 0 Å². The van der Waals surface area contributed by atoms with Gasteiger partial charge in [-0.3, -0.25) is 9.69 Å². The lowest BCUT2D eigenvalue weighted by atomic mass is 9.98. The first kappa shape index (κ1) is 13.4. The molecular formula is C16H21NO3. The number of nitrogens with zero attached hydrogens (tertiary/aromatic N) is 1. The molecule has 0 radical (unpaired) electrons. The third-order valence-corrected chi connectivity index (χ3v) is 4.30. The van der Waals surface area contributed by atoms with Crippen LogP contribution in [0.25, 0.3) is 0 Å². The van der Waals surface area contributed by atoms with Crippen LogP contribution in [0.15, 0.2) is 18.2 Å². The highest BCUT2D eigenvalue weighted by atomic mass is 16.5. The lowest BCUT2D eigenvalue weighted by molar-refractivity contribution is -0.138. The van der Waals surface area contributed by atoms with E-state index in [4.69, 9.17) is 9.84 Å². The molecule has 4 heteroatoms. The van der Waals surface area contributed by atoms with Crippen LogP contribution in [-0.4, -0.2) is 35.2 Å². The molecule has 1 saturated heterocycles. The maximum atomic E-state index is 11.0. The van der Waals surface area contributed by atoms with Crippen LogP contribution in [-0.2, 0) is 17.8 Å². The number of carboxylic acid groups (broad SMARTS) is 1. The first-order chi connectivity index (χ1) is 9.72. The zero-order valence-corrected chi connectivity index (χ0v) is 11.7. The number of carbonyl (C=O) groups is 1. The highest BCUT2D eigenvalue weighted by Crippen LogP contribution is 2.28. The van der Waals surface area contributed by atoms with Gasteiger partial charge >= 0.3 is 5.97 Å². The Morgan fingerprint density at radius 3 is 3.15 bits per heavy atom. The predicted octanol–water partition coefficient (Wildman–Crippen LogP) is 2.45. The van der Waals surface area contributed by atoms with E-state index in [0.717, 1.165) is 44.7 Å². The van der Waals surface area contributed by atoms with Crippen molar-refractivity contribution in [2.24, 2.45) is 0 Å². The van der Waals surface area contributed by atoms with E-state index in [2.05, 4.69) is 17.0 Å². The molecule has 0 spiro atoms. The maximum absolute atomic E-state index is 11.0. The fraction of sp³-hybridized carbons (Fsp3) is 0.562. The summed E-state index contributed by atoms with van der Waals surface area (Å²) in [5, 5.41) is 9.03. The predicted molar refractivity (Wildman–Crippen MR) is 75.9 cm³/mol. The van der Waals surface area contributed by atoms with Gasteiger partial charge in [0.05, 0.1) is 13.0 Å². The zero-order valence-electron chi connectivity index (χ0n) is 11.7. The molecule has 1 aromatic rings. The summed E-state index contributed by atoms with van der Waals surface area (Å²) < 4.78 is 5.53. The van der Waals surface area contributed by atoms with Gasteiger partial charge in [-0.25, -0.2) is 0 Å². The second kappa shape index (κ2) is 5.83. The minimum Gasteiger partial charge on any atom is -0.493 e. The minimum atomic E-state index is -0.691. The van der Waals surface area contributed by atoms with Gasteiger partial charge in [0.15, 0.2) is 0 Å². The monoisotopic (exact) mass is 275 g/mol. The maximum Gasteiger partial charge on any atom is 0.304 e. The van der Waals surface area contributed by atoms with Gasteiger partial charge in [-0.1, -0.05) is 18.6 Å². The zero-order chi connectivity index (χ0) is 13.9. The lowest BCUT2D eigenvalue weighted by Gasteiger charge is -2.35. The quantitative estimate of drug-likeness (QED) is 0.917. The molecule has 1 unspecified atom stereocenters. The summed E-state index contributed by atoms with van der Waals surface area (Å²) in [6.07, 6.45) is 4.56. The smallest absolute Gasteiger partial charge is 0.304 e. The minimum absolute atomic E-state index is 0.186. The number of hydrogen-bond donors (Lipinski definition) is 1. The van der Waals surface area contributed by atoms with Crippen molar-refractivity contribution in [2.75, 3.05) is 13.2 Å². The van der Waals surface area contributed by atoms with Crippen LogP contribution < -0.4 is 4.74 Å². The number of fused-ring (bicyclic) bond motifs is 1. The Kier molecular flexibility index (Phi) is 3.92. The summed E-state index contributed by atoms with van der Waals surface area (Å²) in [5.74, 6) is 0.318. The van der Waals surface area contributed by atoms with Gasteiger partial charge in [0.25, 0.3) is 0 Å². The van der Waals surface area contributed by atoms with Crippen molar-refractivity contribution < 1.29 is 14.6 Å². The third kappa shape index (κ3) is 2.96. The molecule has 0 saturated carbocycles. The van der Waals surface area contributed by atoms with Crippen molar-refractivity contribution >= 4 is 5.97 Å². The van der Waals surface area contributed by atoms with Gasteiger partial charge in [-0.2, -0.15) is 0 Å². The van der Waals surface area contributed by atoms with Crippen molar-refractivity contribution in [3.8, 4) is 5.75 Å². The van der Waals surface area contributed by atoms with Gasteiger partial charge in [0.2, 0.25) is 0 Å². The molecule has 1 fully saturated rings. The highest BCUT2D eigenvalue weighted by Gasteiger charge is 2.25. The first-order valence-corrected chi connectivity index (χ1v) is 7.43. The second-order valence-electron chi connectivity index (χ2n) is 5.76. The van der Waals surface area contributed by atoms with E-state index in [0.29, 0.717) is 0 Å². The van der Waals surface area contributed by atoms with Gasteiger partial charge in [0, 0.05) is 19.0 Å². The molecule has 2 aliphatic rings. The van der Waals surface area contributed by atoms with Crippen molar-refractivity contribution in [1.82, 2.24) is 4.90 Å². The molecule has 2 heterocycles. The number of benzene rings is 1.